The van der Waals surface area contributed by atoms with E-state index in [-0.39, 0.29) is 36.4 Å². The minimum Gasteiger partial charge on any atom is -0.497 e. The van der Waals surface area contributed by atoms with E-state index in [0.717, 1.165) is 16.9 Å². The summed E-state index contributed by atoms with van der Waals surface area (Å²) in [5, 5.41) is 0. The smallest absolute Gasteiger partial charge is 0.243 e. The van der Waals surface area contributed by atoms with Gasteiger partial charge in [-0.1, -0.05) is 12.1 Å². The van der Waals surface area contributed by atoms with Gasteiger partial charge in [0.25, 0.3) is 0 Å². The van der Waals surface area contributed by atoms with Gasteiger partial charge < -0.3 is 23.8 Å². The number of fused-ring (bicyclic) bond motifs is 1. The second-order valence-corrected chi connectivity index (χ2v) is 9.48. The van der Waals surface area contributed by atoms with Gasteiger partial charge in [-0.05, 0) is 52.0 Å². The third kappa shape index (κ3) is 4.70. The first-order valence-electron chi connectivity index (χ1n) is 12.0. The van der Waals surface area contributed by atoms with Crippen molar-refractivity contribution in [3.8, 4) is 11.5 Å². The number of methoxy groups -OCH3 is 2. The summed E-state index contributed by atoms with van der Waals surface area (Å²) in [4.78, 5) is 35.1. The minimum atomic E-state index is -0.162. The molecule has 2 aromatic carbocycles. The predicted molar refractivity (Wildman–Crippen MR) is 136 cm³/mol. The molecule has 0 aliphatic carbocycles. The van der Waals surface area contributed by atoms with Crippen LogP contribution in [0.15, 0.2) is 42.5 Å². The van der Waals surface area contributed by atoms with Crippen LogP contribution in [0.2, 0.25) is 0 Å². The summed E-state index contributed by atoms with van der Waals surface area (Å²) in [6.07, 6.45) is 0.302. The average molecular weight is 479 g/mol. The van der Waals surface area contributed by atoms with Crippen LogP contribution in [-0.2, 0) is 16.1 Å². The van der Waals surface area contributed by atoms with E-state index in [0.29, 0.717) is 30.2 Å². The summed E-state index contributed by atoms with van der Waals surface area (Å²) in [6.45, 7) is 8.73. The standard InChI is InChI=1S/C27H34N4O4/c1-17(2)31(18(3)4)26(33)16-30-22-10-8-7-9-21(22)28-27(30)19-13-25(32)29(15-19)23-14-20(34-5)11-12-24(23)35-6/h7-12,14,17-19H,13,15-16H2,1-6H3. The number of rotatable bonds is 8. The van der Waals surface area contributed by atoms with Crippen molar-refractivity contribution >= 4 is 28.5 Å². The van der Waals surface area contributed by atoms with Crippen LogP contribution in [0.5, 0.6) is 11.5 Å². The number of nitrogens with zero attached hydrogens (tertiary/aromatic N) is 4. The second-order valence-electron chi connectivity index (χ2n) is 9.48. The third-order valence-electron chi connectivity index (χ3n) is 6.55. The van der Waals surface area contributed by atoms with Crippen molar-refractivity contribution in [1.29, 1.82) is 0 Å². The Hall–Kier alpha value is -3.55. The quantitative estimate of drug-likeness (QED) is 0.485. The number of amides is 2. The highest BCUT2D eigenvalue weighted by molar-refractivity contribution is 5.98. The molecule has 0 saturated carbocycles. The number of imidazole rings is 1. The van der Waals surface area contributed by atoms with Crippen LogP contribution in [0.3, 0.4) is 0 Å². The van der Waals surface area contributed by atoms with Gasteiger partial charge >= 0.3 is 0 Å². The van der Waals surface area contributed by atoms with Crippen molar-refractivity contribution in [3.05, 3.63) is 48.3 Å². The lowest BCUT2D eigenvalue weighted by Crippen LogP contribution is -2.44. The van der Waals surface area contributed by atoms with Crippen LogP contribution >= 0.6 is 0 Å². The lowest BCUT2D eigenvalue weighted by atomic mass is 10.1. The molecule has 0 N–H and O–H groups in total. The third-order valence-corrected chi connectivity index (χ3v) is 6.55. The number of carbonyl (C=O) groups excluding carboxylic acids is 2. The van der Waals surface area contributed by atoms with Crippen molar-refractivity contribution < 1.29 is 19.1 Å². The number of para-hydroxylation sites is 2. The molecule has 1 unspecified atom stereocenters. The van der Waals surface area contributed by atoms with E-state index < -0.39 is 0 Å². The molecule has 1 aromatic heterocycles. The van der Waals surface area contributed by atoms with Gasteiger partial charge in [-0.15, -0.1) is 0 Å². The maximum Gasteiger partial charge on any atom is 0.243 e. The molecule has 35 heavy (non-hydrogen) atoms. The van der Waals surface area contributed by atoms with Crippen molar-refractivity contribution in [2.75, 3.05) is 25.7 Å². The van der Waals surface area contributed by atoms with Crippen molar-refractivity contribution in [2.45, 2.75) is 58.7 Å². The Morgan fingerprint density at radius 2 is 1.80 bits per heavy atom. The highest BCUT2D eigenvalue weighted by atomic mass is 16.5. The lowest BCUT2D eigenvalue weighted by molar-refractivity contribution is -0.135. The fourth-order valence-electron chi connectivity index (χ4n) is 5.08. The van der Waals surface area contributed by atoms with Gasteiger partial charge in [0.1, 0.15) is 23.9 Å². The summed E-state index contributed by atoms with van der Waals surface area (Å²) in [5.74, 6) is 1.87. The largest absolute Gasteiger partial charge is 0.497 e. The zero-order valence-electron chi connectivity index (χ0n) is 21.3. The summed E-state index contributed by atoms with van der Waals surface area (Å²) in [7, 11) is 3.18. The zero-order valence-corrected chi connectivity index (χ0v) is 21.3. The minimum absolute atomic E-state index is 0.0162. The van der Waals surface area contributed by atoms with E-state index in [4.69, 9.17) is 14.5 Å². The molecule has 186 valence electrons. The molecule has 4 rings (SSSR count). The molecule has 0 bridgehead atoms. The normalized spacial score (nSPS) is 15.9. The van der Waals surface area contributed by atoms with E-state index in [1.54, 1.807) is 31.3 Å². The van der Waals surface area contributed by atoms with Gasteiger partial charge in [0, 0.05) is 37.0 Å². The number of aromatic nitrogens is 2. The van der Waals surface area contributed by atoms with Crippen LogP contribution in [0.1, 0.15) is 45.9 Å². The lowest BCUT2D eigenvalue weighted by Gasteiger charge is -2.31. The van der Waals surface area contributed by atoms with E-state index in [2.05, 4.69) is 0 Å². The van der Waals surface area contributed by atoms with E-state index in [1.165, 1.54) is 0 Å². The van der Waals surface area contributed by atoms with Crippen LogP contribution in [0.25, 0.3) is 11.0 Å². The van der Waals surface area contributed by atoms with Crippen LogP contribution in [0.4, 0.5) is 5.69 Å². The summed E-state index contributed by atoms with van der Waals surface area (Å²) >= 11 is 0. The number of ether oxygens (including phenoxy) is 2. The zero-order chi connectivity index (χ0) is 25.3. The Morgan fingerprint density at radius 3 is 2.46 bits per heavy atom. The Morgan fingerprint density at radius 1 is 1.09 bits per heavy atom. The average Bonchev–Trinajstić information content (AvgIpc) is 3.38. The van der Waals surface area contributed by atoms with Gasteiger partial charge in [-0.25, -0.2) is 4.98 Å². The topological polar surface area (TPSA) is 76.9 Å². The Bertz CT molecular complexity index is 1230. The molecule has 2 heterocycles. The molecule has 1 atom stereocenters. The Labute approximate surface area is 206 Å². The maximum atomic E-state index is 13.4. The molecule has 1 saturated heterocycles. The molecule has 8 nitrogen and oxygen atoms in total. The Kier molecular flexibility index (Phi) is 7.00. The van der Waals surface area contributed by atoms with Crippen LogP contribution < -0.4 is 14.4 Å². The molecule has 0 spiro atoms. The summed E-state index contributed by atoms with van der Waals surface area (Å²) < 4.78 is 12.9. The Balaban J connectivity index is 1.71. The molecule has 1 aliphatic rings. The van der Waals surface area contributed by atoms with Crippen LogP contribution in [-0.4, -0.2) is 59.1 Å². The van der Waals surface area contributed by atoms with Gasteiger partial charge in [-0.2, -0.15) is 0 Å². The highest BCUT2D eigenvalue weighted by Gasteiger charge is 2.37. The molecule has 8 heteroatoms. The maximum absolute atomic E-state index is 13.4. The van der Waals surface area contributed by atoms with Crippen molar-refractivity contribution in [3.63, 3.8) is 0 Å². The number of hydrogen-bond acceptors (Lipinski definition) is 5. The summed E-state index contributed by atoms with van der Waals surface area (Å²) in [5.41, 5.74) is 2.39. The second kappa shape index (κ2) is 9.98. The van der Waals surface area contributed by atoms with Crippen molar-refractivity contribution in [1.82, 2.24) is 14.5 Å². The number of benzene rings is 2. The first-order chi connectivity index (χ1) is 16.7. The molecular formula is C27H34N4O4. The van der Waals surface area contributed by atoms with Crippen LogP contribution in [0, 0.1) is 0 Å². The number of carbonyl (C=O) groups is 2. The van der Waals surface area contributed by atoms with Gasteiger partial charge in [-0.3, -0.25) is 9.59 Å². The molecule has 1 fully saturated rings. The molecule has 2 amide bonds. The fourth-order valence-corrected chi connectivity index (χ4v) is 5.08. The highest BCUT2D eigenvalue weighted by Crippen LogP contribution is 2.39. The fraction of sp³-hybridized carbons (Fsp3) is 0.444. The first-order valence-corrected chi connectivity index (χ1v) is 12.0. The molecule has 3 aromatic rings. The first kappa shape index (κ1) is 24.6. The SMILES string of the molecule is COc1ccc(OC)c(N2CC(c3nc4ccccc4n3CC(=O)N(C(C)C)C(C)C)CC2=O)c1. The van der Waals surface area contributed by atoms with E-state index in [1.807, 2.05) is 67.5 Å². The predicted octanol–water partition coefficient (Wildman–Crippen LogP) is 4.22. The number of anilines is 1. The van der Waals surface area contributed by atoms with E-state index >= 15 is 0 Å². The summed E-state index contributed by atoms with van der Waals surface area (Å²) in [6, 6.07) is 13.4. The molecule has 0 radical (unpaired) electrons. The molecular weight excluding hydrogens is 444 g/mol. The number of hydrogen-bond donors (Lipinski definition) is 0. The van der Waals surface area contributed by atoms with Gasteiger partial charge in [0.2, 0.25) is 11.8 Å². The van der Waals surface area contributed by atoms with Gasteiger partial charge in [0.05, 0.1) is 30.9 Å². The monoisotopic (exact) mass is 478 g/mol. The van der Waals surface area contributed by atoms with E-state index in [9.17, 15) is 9.59 Å². The van der Waals surface area contributed by atoms with Gasteiger partial charge in [0.15, 0.2) is 0 Å². The molecule has 1 aliphatic heterocycles. The van der Waals surface area contributed by atoms with Crippen molar-refractivity contribution in [2.24, 2.45) is 0 Å².